The van der Waals surface area contributed by atoms with Gasteiger partial charge in [-0.1, -0.05) is 255 Å². The average Bonchev–Trinajstić information content (AvgIpc) is 4.13. The van der Waals surface area contributed by atoms with Crippen molar-refractivity contribution < 1.29 is 0 Å². The van der Waals surface area contributed by atoms with Gasteiger partial charge in [-0.2, -0.15) is 0 Å². The molecule has 3 aliphatic carbocycles. The highest BCUT2D eigenvalue weighted by atomic mass is 15.1. The molecule has 75 heavy (non-hydrogen) atoms. The Balaban J connectivity index is 0.904. The van der Waals surface area contributed by atoms with Gasteiger partial charge in [-0.15, -0.1) is 0 Å². The Kier molecular flexibility index (Phi) is 9.77. The van der Waals surface area contributed by atoms with Crippen molar-refractivity contribution in [2.24, 2.45) is 0 Å². The molecular formula is C74H49N. The zero-order valence-electron chi connectivity index (χ0n) is 41.2. The minimum Gasteiger partial charge on any atom is -0.310 e. The van der Waals surface area contributed by atoms with Gasteiger partial charge in [-0.05, 0) is 154 Å². The van der Waals surface area contributed by atoms with E-state index in [1.54, 1.807) is 0 Å². The molecule has 15 rings (SSSR count). The minimum atomic E-state index is -0.543. The summed E-state index contributed by atoms with van der Waals surface area (Å²) in [5.74, 6) is 0. The molecule has 0 amide bonds. The molecule has 0 atom stereocenters. The molecule has 12 aromatic rings. The number of hydrogen-bond acceptors (Lipinski definition) is 1. The monoisotopic (exact) mass is 951 g/mol. The summed E-state index contributed by atoms with van der Waals surface area (Å²) >= 11 is 0. The standard InChI is InChI=1S/C74H49N/c1-4-20-50(21-5-1)51-36-41-56(42-37-51)75(58-45-47-66-63-30-14-16-32-67(63)73(72(66)49-58,54-22-6-2-7-23-54)55-24-8-3-9-25-55)57-43-38-52(39-44-57)53-40-46-65-64-31-15-19-35-70(64)74(71(65)48-53)68-33-17-12-28-61(68)59-26-10-11-27-60(59)62-29-13-18-34-69(62)74/h1-49H. The van der Waals surface area contributed by atoms with Crippen molar-refractivity contribution in [3.05, 3.63) is 342 Å². The van der Waals surface area contributed by atoms with E-state index < -0.39 is 10.8 Å². The van der Waals surface area contributed by atoms with Crippen LogP contribution in [0.1, 0.15) is 44.5 Å². The van der Waals surface area contributed by atoms with Crippen LogP contribution in [0.15, 0.2) is 297 Å². The maximum absolute atomic E-state index is 2.50. The predicted molar refractivity (Wildman–Crippen MR) is 311 cm³/mol. The average molecular weight is 952 g/mol. The minimum absolute atomic E-state index is 0.525. The summed E-state index contributed by atoms with van der Waals surface area (Å²) < 4.78 is 0. The van der Waals surface area contributed by atoms with E-state index in [1.165, 1.54) is 111 Å². The Labute approximate surface area is 439 Å². The lowest BCUT2D eigenvalue weighted by atomic mass is 9.65. The third-order valence-corrected chi connectivity index (χ3v) is 16.6. The maximum atomic E-state index is 2.50. The predicted octanol–water partition coefficient (Wildman–Crippen LogP) is 18.9. The summed E-state index contributed by atoms with van der Waals surface area (Å²) in [6, 6.07) is 111. The van der Waals surface area contributed by atoms with Crippen molar-refractivity contribution in [1.82, 2.24) is 0 Å². The van der Waals surface area contributed by atoms with Gasteiger partial charge in [0.1, 0.15) is 0 Å². The first-order valence-corrected chi connectivity index (χ1v) is 26.2. The lowest BCUT2D eigenvalue weighted by Crippen LogP contribution is -2.29. The van der Waals surface area contributed by atoms with E-state index in [0.717, 1.165) is 17.1 Å². The van der Waals surface area contributed by atoms with E-state index in [1.807, 2.05) is 0 Å². The Morgan fingerprint density at radius 1 is 0.187 bits per heavy atom. The third kappa shape index (κ3) is 6.32. The van der Waals surface area contributed by atoms with E-state index in [2.05, 4.69) is 302 Å². The maximum Gasteiger partial charge on any atom is 0.0725 e. The van der Waals surface area contributed by atoms with E-state index in [0.29, 0.717) is 0 Å². The molecule has 12 aromatic carbocycles. The molecule has 3 aliphatic rings. The van der Waals surface area contributed by atoms with Crippen LogP contribution in [-0.4, -0.2) is 0 Å². The molecule has 0 aliphatic heterocycles. The van der Waals surface area contributed by atoms with Gasteiger partial charge in [0.05, 0.1) is 10.8 Å². The van der Waals surface area contributed by atoms with Gasteiger partial charge in [-0.25, -0.2) is 0 Å². The lowest BCUT2D eigenvalue weighted by molar-refractivity contribution is 0.768. The molecule has 350 valence electrons. The fraction of sp³-hybridized carbons (Fsp3) is 0.0270. The molecule has 0 bridgehead atoms. The van der Waals surface area contributed by atoms with Crippen molar-refractivity contribution in [2.75, 3.05) is 4.90 Å². The van der Waals surface area contributed by atoms with Gasteiger partial charge >= 0.3 is 0 Å². The second kappa shape index (κ2) is 17.0. The number of rotatable bonds is 7. The largest absolute Gasteiger partial charge is 0.310 e. The van der Waals surface area contributed by atoms with Crippen LogP contribution in [0.2, 0.25) is 0 Å². The van der Waals surface area contributed by atoms with E-state index >= 15 is 0 Å². The van der Waals surface area contributed by atoms with E-state index in [-0.39, 0.29) is 0 Å². The zero-order chi connectivity index (χ0) is 49.5. The second-order valence-electron chi connectivity index (χ2n) is 20.2. The van der Waals surface area contributed by atoms with Crippen LogP contribution >= 0.6 is 0 Å². The van der Waals surface area contributed by atoms with E-state index in [9.17, 15) is 0 Å². The first kappa shape index (κ1) is 43.1. The Bertz CT molecular complexity index is 4050. The van der Waals surface area contributed by atoms with Crippen molar-refractivity contribution in [1.29, 1.82) is 0 Å². The van der Waals surface area contributed by atoms with Crippen molar-refractivity contribution in [3.8, 4) is 66.8 Å². The summed E-state index contributed by atoms with van der Waals surface area (Å²) in [6.45, 7) is 0. The Hall–Kier alpha value is -9.56. The molecule has 0 radical (unpaired) electrons. The molecule has 0 aromatic heterocycles. The number of anilines is 3. The Morgan fingerprint density at radius 3 is 0.973 bits per heavy atom. The van der Waals surface area contributed by atoms with Crippen LogP contribution in [0.3, 0.4) is 0 Å². The summed E-state index contributed by atoms with van der Waals surface area (Å²) in [5, 5.41) is 0. The third-order valence-electron chi connectivity index (χ3n) is 16.6. The fourth-order valence-corrected chi connectivity index (χ4v) is 13.5. The quantitative estimate of drug-likeness (QED) is 0.154. The Morgan fingerprint density at radius 2 is 0.493 bits per heavy atom. The first-order valence-electron chi connectivity index (χ1n) is 26.2. The summed E-state index contributed by atoms with van der Waals surface area (Å²) in [4.78, 5) is 2.44. The molecule has 1 spiro atoms. The van der Waals surface area contributed by atoms with Crippen LogP contribution in [0, 0.1) is 0 Å². The summed E-state index contributed by atoms with van der Waals surface area (Å²) in [7, 11) is 0. The highest BCUT2D eigenvalue weighted by molar-refractivity contribution is 5.98. The first-order chi connectivity index (χ1) is 37.2. The van der Waals surface area contributed by atoms with Crippen LogP contribution < -0.4 is 4.90 Å². The topological polar surface area (TPSA) is 3.24 Å². The van der Waals surface area contributed by atoms with Gasteiger partial charge in [0.15, 0.2) is 0 Å². The molecule has 0 heterocycles. The van der Waals surface area contributed by atoms with Gasteiger partial charge < -0.3 is 4.90 Å². The second-order valence-corrected chi connectivity index (χ2v) is 20.2. The van der Waals surface area contributed by atoms with Crippen molar-refractivity contribution in [3.63, 3.8) is 0 Å². The van der Waals surface area contributed by atoms with Crippen LogP contribution in [0.5, 0.6) is 0 Å². The molecule has 0 saturated heterocycles. The molecule has 1 nitrogen and oxygen atoms in total. The van der Waals surface area contributed by atoms with Gasteiger partial charge in [0.2, 0.25) is 0 Å². The van der Waals surface area contributed by atoms with Gasteiger partial charge in [-0.3, -0.25) is 0 Å². The molecular weight excluding hydrogens is 903 g/mol. The number of nitrogens with zero attached hydrogens (tertiary/aromatic N) is 1. The van der Waals surface area contributed by atoms with E-state index in [4.69, 9.17) is 0 Å². The summed E-state index contributed by atoms with van der Waals surface area (Å²) in [5.41, 5.74) is 27.5. The number of benzene rings is 12. The van der Waals surface area contributed by atoms with Crippen molar-refractivity contribution >= 4 is 17.1 Å². The van der Waals surface area contributed by atoms with Gasteiger partial charge in [0.25, 0.3) is 0 Å². The SMILES string of the molecule is c1ccc(-c2ccc(N(c3ccc(-c4ccc5c(c4)C4(c6ccccc6-c6ccccc6-c6ccccc64)c4ccccc4-5)cc3)c3ccc4c(c3)C(c3ccccc3)(c3ccccc3)c3ccccc3-4)cc2)cc1. The normalized spacial score (nSPS) is 13.5. The molecule has 0 fully saturated rings. The van der Waals surface area contributed by atoms with Gasteiger partial charge in [0, 0.05) is 17.1 Å². The molecule has 0 unspecified atom stereocenters. The van der Waals surface area contributed by atoms with Crippen LogP contribution in [0.4, 0.5) is 17.1 Å². The molecule has 1 heteroatoms. The molecule has 0 N–H and O–H groups in total. The number of hydrogen-bond donors (Lipinski definition) is 0. The van der Waals surface area contributed by atoms with Crippen molar-refractivity contribution in [2.45, 2.75) is 10.8 Å². The van der Waals surface area contributed by atoms with Crippen LogP contribution in [0.25, 0.3) is 66.8 Å². The number of fused-ring (bicyclic) bond motifs is 15. The highest BCUT2D eigenvalue weighted by Crippen LogP contribution is 2.62. The summed E-state index contributed by atoms with van der Waals surface area (Å²) in [6.07, 6.45) is 0. The smallest absolute Gasteiger partial charge is 0.0725 e. The lowest BCUT2D eigenvalue weighted by Gasteiger charge is -2.35. The fourth-order valence-electron chi connectivity index (χ4n) is 13.5. The molecule has 0 saturated carbocycles. The van der Waals surface area contributed by atoms with Crippen LogP contribution in [-0.2, 0) is 10.8 Å². The zero-order valence-corrected chi connectivity index (χ0v) is 41.2. The highest BCUT2D eigenvalue weighted by Gasteiger charge is 2.50.